The van der Waals surface area contributed by atoms with Crippen molar-refractivity contribution in [2.24, 2.45) is 17.6 Å². The summed E-state index contributed by atoms with van der Waals surface area (Å²) in [6.07, 6.45) is 5.06. The Morgan fingerprint density at radius 1 is 1.20 bits per heavy atom. The van der Waals surface area contributed by atoms with Gasteiger partial charge in [-0.3, -0.25) is 0 Å². The lowest BCUT2D eigenvalue weighted by Crippen LogP contribution is -2.54. The van der Waals surface area contributed by atoms with Gasteiger partial charge in [0.15, 0.2) is 0 Å². The Kier molecular flexibility index (Phi) is 4.74. The van der Waals surface area contributed by atoms with Crippen molar-refractivity contribution in [3.05, 3.63) is 29.8 Å². The molecule has 0 aromatic heterocycles. The van der Waals surface area contributed by atoms with Crippen LogP contribution in [0, 0.1) is 18.8 Å². The van der Waals surface area contributed by atoms with Crippen LogP contribution < -0.4 is 10.6 Å². The lowest BCUT2D eigenvalue weighted by molar-refractivity contribution is 0.194. The topological polar surface area (TPSA) is 29.3 Å². The second-order valence-electron chi connectivity index (χ2n) is 6.90. The molecule has 2 N–H and O–H groups in total. The number of aryl methyl sites for hydroxylation is 1. The molecule has 2 heteroatoms. The van der Waals surface area contributed by atoms with Gasteiger partial charge in [0.1, 0.15) is 0 Å². The fourth-order valence-corrected chi connectivity index (χ4v) is 3.56. The maximum atomic E-state index is 6.19. The molecule has 112 valence electrons. The molecule has 0 heterocycles. The normalized spacial score (nSPS) is 26.8. The minimum Gasteiger partial charge on any atom is -0.368 e. The molecule has 0 unspecified atom stereocenters. The molecular formula is C18H30N2. The van der Waals surface area contributed by atoms with E-state index in [1.165, 1.54) is 36.9 Å². The van der Waals surface area contributed by atoms with Gasteiger partial charge in [0.2, 0.25) is 0 Å². The molecule has 0 aliphatic heterocycles. The molecule has 1 fully saturated rings. The zero-order chi connectivity index (χ0) is 14.8. The first-order chi connectivity index (χ1) is 9.48. The molecular weight excluding hydrogens is 244 g/mol. The average molecular weight is 274 g/mol. The summed E-state index contributed by atoms with van der Waals surface area (Å²) in [7, 11) is 2.22. The van der Waals surface area contributed by atoms with Crippen LogP contribution >= 0.6 is 0 Å². The molecule has 0 amide bonds. The third-order valence-corrected chi connectivity index (χ3v) is 5.42. The molecule has 0 saturated heterocycles. The van der Waals surface area contributed by atoms with Gasteiger partial charge in [-0.25, -0.2) is 0 Å². The summed E-state index contributed by atoms with van der Waals surface area (Å²) in [5, 5.41) is 0. The summed E-state index contributed by atoms with van der Waals surface area (Å²) in [5.41, 5.74) is 8.95. The minimum absolute atomic E-state index is 0.153. The van der Waals surface area contributed by atoms with Crippen LogP contribution in [0.15, 0.2) is 24.3 Å². The Labute approximate surface area is 124 Å². The van der Waals surface area contributed by atoms with E-state index in [0.29, 0.717) is 0 Å². The van der Waals surface area contributed by atoms with Gasteiger partial charge in [-0.05, 0) is 56.6 Å². The first-order valence-corrected chi connectivity index (χ1v) is 7.99. The van der Waals surface area contributed by atoms with Crippen LogP contribution in [0.2, 0.25) is 0 Å². The first kappa shape index (κ1) is 15.4. The van der Waals surface area contributed by atoms with Gasteiger partial charge in [0, 0.05) is 19.3 Å². The predicted octanol–water partition coefficient (Wildman–Crippen LogP) is 3.97. The van der Waals surface area contributed by atoms with E-state index in [9.17, 15) is 0 Å². The number of rotatable bonds is 4. The van der Waals surface area contributed by atoms with E-state index in [0.717, 1.165) is 18.4 Å². The molecule has 20 heavy (non-hydrogen) atoms. The quantitative estimate of drug-likeness (QED) is 0.900. The first-order valence-electron chi connectivity index (χ1n) is 7.99. The lowest BCUT2D eigenvalue weighted by atomic mass is 9.72. The largest absolute Gasteiger partial charge is 0.368 e. The summed E-state index contributed by atoms with van der Waals surface area (Å²) < 4.78 is 0. The van der Waals surface area contributed by atoms with Crippen LogP contribution in [0.1, 0.15) is 45.1 Å². The molecule has 2 nitrogen and oxygen atoms in total. The fourth-order valence-electron chi connectivity index (χ4n) is 3.56. The Morgan fingerprint density at radius 3 is 2.20 bits per heavy atom. The van der Waals surface area contributed by atoms with E-state index in [1.54, 1.807) is 0 Å². The van der Waals surface area contributed by atoms with E-state index >= 15 is 0 Å². The van der Waals surface area contributed by atoms with Crippen molar-refractivity contribution in [3.8, 4) is 0 Å². The molecule has 0 spiro atoms. The van der Waals surface area contributed by atoms with Crippen molar-refractivity contribution in [3.63, 3.8) is 0 Å². The van der Waals surface area contributed by atoms with Gasteiger partial charge in [0.25, 0.3) is 0 Å². The zero-order valence-corrected chi connectivity index (χ0v) is 13.5. The van der Waals surface area contributed by atoms with E-state index in [-0.39, 0.29) is 5.54 Å². The highest BCUT2D eigenvalue weighted by molar-refractivity contribution is 5.49. The second kappa shape index (κ2) is 6.17. The van der Waals surface area contributed by atoms with Crippen LogP contribution in [0.4, 0.5) is 5.69 Å². The Morgan fingerprint density at radius 2 is 1.75 bits per heavy atom. The maximum Gasteiger partial charge on any atom is 0.0521 e. The van der Waals surface area contributed by atoms with Crippen molar-refractivity contribution >= 4 is 5.69 Å². The number of nitrogens with zero attached hydrogens (tertiary/aromatic N) is 1. The number of hydrogen-bond acceptors (Lipinski definition) is 2. The third kappa shape index (κ3) is 3.01. The smallest absolute Gasteiger partial charge is 0.0521 e. The number of hydrogen-bond donors (Lipinski definition) is 1. The van der Waals surface area contributed by atoms with Crippen LogP contribution in [-0.2, 0) is 0 Å². The van der Waals surface area contributed by atoms with E-state index in [1.807, 2.05) is 0 Å². The Hall–Kier alpha value is -1.02. The van der Waals surface area contributed by atoms with Gasteiger partial charge in [-0.1, -0.05) is 31.5 Å². The summed E-state index contributed by atoms with van der Waals surface area (Å²) in [5.74, 6) is 1.68. The van der Waals surface area contributed by atoms with Crippen LogP contribution in [0.5, 0.6) is 0 Å². The highest BCUT2D eigenvalue weighted by Gasteiger charge is 2.38. The van der Waals surface area contributed by atoms with Crippen molar-refractivity contribution in [2.75, 3.05) is 18.5 Å². The van der Waals surface area contributed by atoms with Crippen LogP contribution in [0.25, 0.3) is 0 Å². The molecule has 1 aliphatic rings. The van der Waals surface area contributed by atoms with Gasteiger partial charge >= 0.3 is 0 Å². The van der Waals surface area contributed by atoms with Gasteiger partial charge < -0.3 is 10.6 Å². The third-order valence-electron chi connectivity index (χ3n) is 5.42. The highest BCUT2D eigenvalue weighted by Crippen LogP contribution is 2.40. The summed E-state index contributed by atoms with van der Waals surface area (Å²) in [4.78, 5) is 2.43. The second-order valence-corrected chi connectivity index (χ2v) is 6.90. The molecule has 1 saturated carbocycles. The summed E-state index contributed by atoms with van der Waals surface area (Å²) in [6.45, 7) is 7.59. The van der Waals surface area contributed by atoms with Crippen molar-refractivity contribution in [1.29, 1.82) is 0 Å². The Balaban J connectivity index is 2.13. The maximum absolute atomic E-state index is 6.19. The number of likely N-dealkylation sites (N-methyl/N-ethyl adjacent to an activating group) is 1. The lowest BCUT2D eigenvalue weighted by Gasteiger charge is -2.48. The monoisotopic (exact) mass is 274 g/mol. The predicted molar refractivity (Wildman–Crippen MR) is 88.2 cm³/mol. The van der Waals surface area contributed by atoms with Crippen LogP contribution in [0.3, 0.4) is 0 Å². The zero-order valence-electron chi connectivity index (χ0n) is 13.5. The van der Waals surface area contributed by atoms with Crippen molar-refractivity contribution < 1.29 is 0 Å². The van der Waals surface area contributed by atoms with E-state index < -0.39 is 0 Å². The fraction of sp³-hybridized carbons (Fsp3) is 0.667. The average Bonchev–Trinajstić information content (AvgIpc) is 2.47. The summed E-state index contributed by atoms with van der Waals surface area (Å²) >= 11 is 0. The van der Waals surface area contributed by atoms with Crippen molar-refractivity contribution in [1.82, 2.24) is 0 Å². The summed E-state index contributed by atoms with van der Waals surface area (Å²) in [6, 6.07) is 8.83. The molecule has 1 aliphatic carbocycles. The van der Waals surface area contributed by atoms with Crippen LogP contribution in [-0.4, -0.2) is 19.1 Å². The number of anilines is 1. The highest BCUT2D eigenvalue weighted by atomic mass is 15.2. The molecule has 0 bridgehead atoms. The molecule has 2 rings (SSSR count). The Bertz CT molecular complexity index is 414. The molecule has 1 aromatic carbocycles. The van der Waals surface area contributed by atoms with Gasteiger partial charge in [0.05, 0.1) is 5.54 Å². The molecule has 1 aromatic rings. The number of nitrogens with two attached hydrogens (primary N) is 1. The molecule has 0 radical (unpaired) electrons. The van der Waals surface area contributed by atoms with Crippen molar-refractivity contribution in [2.45, 2.75) is 52.0 Å². The minimum atomic E-state index is 0.153. The van der Waals surface area contributed by atoms with Gasteiger partial charge in [-0.2, -0.15) is 0 Å². The van der Waals surface area contributed by atoms with E-state index in [4.69, 9.17) is 5.73 Å². The molecule has 0 atom stereocenters. The van der Waals surface area contributed by atoms with E-state index in [2.05, 4.69) is 57.0 Å². The number of benzene rings is 1. The SMILES string of the molecule is Cc1ccc(N(C)C2(CN)CCC(C(C)C)CC2)cc1. The standard InChI is InChI=1S/C18H30N2/c1-14(2)16-9-11-18(13-19,12-10-16)20(4)17-7-5-15(3)6-8-17/h5-8,14,16H,9-13,19H2,1-4H3. The van der Waals surface area contributed by atoms with Gasteiger partial charge in [-0.15, -0.1) is 0 Å².